The lowest BCUT2D eigenvalue weighted by Gasteiger charge is -2.37. The minimum atomic E-state index is -0.161. The van der Waals surface area contributed by atoms with Gasteiger partial charge in [-0.05, 0) is 26.0 Å². The van der Waals surface area contributed by atoms with Crippen molar-refractivity contribution < 1.29 is 9.84 Å². The number of rotatable bonds is 2. The third kappa shape index (κ3) is 2.46. The van der Waals surface area contributed by atoms with E-state index in [0.717, 1.165) is 29.1 Å². The highest BCUT2D eigenvalue weighted by Crippen LogP contribution is 2.23. The number of para-hydroxylation sites is 2. The van der Waals surface area contributed by atoms with Crippen LogP contribution in [0.1, 0.15) is 12.6 Å². The monoisotopic (exact) mass is 273 g/mol. The second-order valence-corrected chi connectivity index (χ2v) is 5.28. The first-order valence-electron chi connectivity index (χ1n) is 6.92. The lowest BCUT2D eigenvalue weighted by atomic mass is 10.2. The van der Waals surface area contributed by atoms with Gasteiger partial charge in [-0.1, -0.05) is 12.1 Å². The van der Waals surface area contributed by atoms with Crippen LogP contribution >= 0.6 is 0 Å². The van der Waals surface area contributed by atoms with E-state index in [-0.39, 0.29) is 18.8 Å². The predicted molar refractivity (Wildman–Crippen MR) is 77.9 cm³/mol. The van der Waals surface area contributed by atoms with Crippen molar-refractivity contribution in [2.24, 2.45) is 0 Å². The molecule has 1 fully saturated rings. The maximum atomic E-state index is 9.33. The normalized spacial score (nSPS) is 23.2. The van der Waals surface area contributed by atoms with Crippen molar-refractivity contribution in [3.05, 3.63) is 30.0 Å². The molecular weight excluding hydrogens is 254 g/mol. The predicted octanol–water partition coefficient (Wildman–Crippen LogP) is 1.52. The van der Waals surface area contributed by atoms with Crippen molar-refractivity contribution in [1.29, 1.82) is 0 Å². The number of aromatic nitrogens is 2. The van der Waals surface area contributed by atoms with Crippen LogP contribution in [0.3, 0.4) is 0 Å². The van der Waals surface area contributed by atoms with E-state index in [2.05, 4.69) is 9.88 Å². The number of aliphatic hydroxyl groups excluding tert-OH is 1. The van der Waals surface area contributed by atoms with Crippen LogP contribution in [0.5, 0.6) is 0 Å². The van der Waals surface area contributed by atoms with Gasteiger partial charge in [-0.2, -0.15) is 0 Å². The lowest BCUT2D eigenvalue weighted by molar-refractivity contribution is -0.0423. The van der Waals surface area contributed by atoms with Gasteiger partial charge in [-0.3, -0.25) is 0 Å². The molecule has 2 atom stereocenters. The maximum Gasteiger partial charge on any atom is 0.150 e. The van der Waals surface area contributed by atoms with Crippen LogP contribution in [0.4, 0.5) is 5.82 Å². The summed E-state index contributed by atoms with van der Waals surface area (Å²) in [6, 6.07) is 7.87. The Morgan fingerprint density at radius 3 is 2.65 bits per heavy atom. The second kappa shape index (κ2) is 5.34. The van der Waals surface area contributed by atoms with Crippen molar-refractivity contribution in [2.45, 2.75) is 26.1 Å². The summed E-state index contributed by atoms with van der Waals surface area (Å²) in [5.74, 6) is 0.886. The summed E-state index contributed by atoms with van der Waals surface area (Å²) in [5.41, 5.74) is 2.72. The molecule has 0 aliphatic carbocycles. The molecule has 0 bridgehead atoms. The fourth-order valence-corrected chi connectivity index (χ4v) is 2.70. The van der Waals surface area contributed by atoms with Crippen LogP contribution in [-0.2, 0) is 4.74 Å². The molecule has 2 heterocycles. The Bertz CT molecular complexity index is 617. The first kappa shape index (κ1) is 13.3. The molecular formula is C15H19N3O2. The SMILES string of the molecule is Cc1nc2ccccc2nc1N1CC(C)OC(CO)C1. The Kier molecular flexibility index (Phi) is 3.54. The molecule has 3 rings (SSSR count). The number of aliphatic hydroxyl groups is 1. The Hall–Kier alpha value is -1.72. The van der Waals surface area contributed by atoms with Crippen LogP contribution in [0, 0.1) is 6.92 Å². The van der Waals surface area contributed by atoms with Gasteiger partial charge >= 0.3 is 0 Å². The highest BCUT2D eigenvalue weighted by Gasteiger charge is 2.26. The van der Waals surface area contributed by atoms with Gasteiger partial charge in [0.05, 0.1) is 35.5 Å². The van der Waals surface area contributed by atoms with E-state index in [1.165, 1.54) is 0 Å². The molecule has 1 aromatic carbocycles. The highest BCUT2D eigenvalue weighted by atomic mass is 16.5. The molecule has 5 nitrogen and oxygen atoms in total. The highest BCUT2D eigenvalue weighted by molar-refractivity contribution is 5.76. The fourth-order valence-electron chi connectivity index (χ4n) is 2.70. The molecule has 0 spiro atoms. The summed E-state index contributed by atoms with van der Waals surface area (Å²) in [6.07, 6.45) is -0.0833. The zero-order valence-electron chi connectivity index (χ0n) is 11.8. The standard InChI is InChI=1S/C15H19N3O2/c1-10-7-18(8-12(9-19)20-10)15-11(2)16-13-5-3-4-6-14(13)17-15/h3-6,10,12,19H,7-9H2,1-2H3. The molecule has 1 aliphatic rings. The summed E-state index contributed by atoms with van der Waals surface area (Å²) in [4.78, 5) is 11.5. The van der Waals surface area contributed by atoms with E-state index < -0.39 is 0 Å². The van der Waals surface area contributed by atoms with Gasteiger partial charge in [-0.25, -0.2) is 9.97 Å². The Morgan fingerprint density at radius 1 is 1.25 bits per heavy atom. The van der Waals surface area contributed by atoms with Crippen molar-refractivity contribution >= 4 is 16.9 Å². The average molecular weight is 273 g/mol. The molecule has 1 aromatic heterocycles. The largest absolute Gasteiger partial charge is 0.394 e. The number of anilines is 1. The van der Waals surface area contributed by atoms with E-state index in [1.54, 1.807) is 0 Å². The molecule has 5 heteroatoms. The summed E-state index contributed by atoms with van der Waals surface area (Å²) in [5, 5.41) is 9.33. The number of morpholine rings is 1. The minimum Gasteiger partial charge on any atom is -0.394 e. The molecule has 106 valence electrons. The molecule has 0 saturated carbocycles. The van der Waals surface area contributed by atoms with Crippen molar-refractivity contribution in [3.8, 4) is 0 Å². The van der Waals surface area contributed by atoms with Crippen molar-refractivity contribution in [2.75, 3.05) is 24.6 Å². The molecule has 20 heavy (non-hydrogen) atoms. The minimum absolute atomic E-state index is 0.0287. The topological polar surface area (TPSA) is 58.5 Å². The number of ether oxygens (including phenoxy) is 1. The smallest absolute Gasteiger partial charge is 0.150 e. The summed E-state index contributed by atoms with van der Waals surface area (Å²) < 4.78 is 5.67. The molecule has 0 radical (unpaired) electrons. The van der Waals surface area contributed by atoms with Crippen molar-refractivity contribution in [1.82, 2.24) is 9.97 Å². The Balaban J connectivity index is 1.98. The molecule has 1 aliphatic heterocycles. The zero-order chi connectivity index (χ0) is 14.1. The van der Waals surface area contributed by atoms with Crippen LogP contribution in [0.15, 0.2) is 24.3 Å². The van der Waals surface area contributed by atoms with Crippen LogP contribution in [0.25, 0.3) is 11.0 Å². The van der Waals surface area contributed by atoms with Crippen molar-refractivity contribution in [3.63, 3.8) is 0 Å². The fraction of sp³-hybridized carbons (Fsp3) is 0.467. The third-order valence-electron chi connectivity index (χ3n) is 3.55. The second-order valence-electron chi connectivity index (χ2n) is 5.28. The Labute approximate surface area is 118 Å². The molecule has 2 aromatic rings. The van der Waals surface area contributed by atoms with E-state index >= 15 is 0 Å². The van der Waals surface area contributed by atoms with Gasteiger partial charge in [-0.15, -0.1) is 0 Å². The Morgan fingerprint density at radius 2 is 1.95 bits per heavy atom. The van der Waals surface area contributed by atoms with Gasteiger partial charge in [0.15, 0.2) is 5.82 Å². The van der Waals surface area contributed by atoms with Crippen LogP contribution < -0.4 is 4.90 Å². The van der Waals surface area contributed by atoms with Gasteiger partial charge in [0.1, 0.15) is 0 Å². The number of benzene rings is 1. The quantitative estimate of drug-likeness (QED) is 0.899. The van der Waals surface area contributed by atoms with E-state index in [0.29, 0.717) is 6.54 Å². The summed E-state index contributed by atoms with van der Waals surface area (Å²) >= 11 is 0. The average Bonchev–Trinajstić information content (AvgIpc) is 2.45. The van der Waals surface area contributed by atoms with Gasteiger partial charge < -0.3 is 14.7 Å². The van der Waals surface area contributed by atoms with E-state index in [4.69, 9.17) is 9.72 Å². The lowest BCUT2D eigenvalue weighted by Crippen LogP contribution is -2.48. The summed E-state index contributed by atoms with van der Waals surface area (Å²) in [6.45, 7) is 5.43. The molecule has 0 amide bonds. The first-order valence-corrected chi connectivity index (χ1v) is 6.92. The number of hydrogen-bond donors (Lipinski definition) is 1. The van der Waals surface area contributed by atoms with Gasteiger partial charge in [0.2, 0.25) is 0 Å². The zero-order valence-corrected chi connectivity index (χ0v) is 11.8. The van der Waals surface area contributed by atoms with Crippen LogP contribution in [-0.4, -0.2) is 47.0 Å². The number of nitrogens with zero attached hydrogens (tertiary/aromatic N) is 3. The maximum absolute atomic E-state index is 9.33. The molecule has 2 unspecified atom stereocenters. The number of hydrogen-bond acceptors (Lipinski definition) is 5. The van der Waals surface area contributed by atoms with E-state index in [1.807, 2.05) is 38.1 Å². The number of aryl methyl sites for hydroxylation is 1. The number of fused-ring (bicyclic) bond motifs is 1. The molecule has 1 N–H and O–H groups in total. The summed E-state index contributed by atoms with van der Waals surface area (Å²) in [7, 11) is 0. The molecule has 1 saturated heterocycles. The van der Waals surface area contributed by atoms with Gasteiger partial charge in [0.25, 0.3) is 0 Å². The van der Waals surface area contributed by atoms with E-state index in [9.17, 15) is 5.11 Å². The third-order valence-corrected chi connectivity index (χ3v) is 3.55. The van der Waals surface area contributed by atoms with Gasteiger partial charge in [0, 0.05) is 13.1 Å². The first-order chi connectivity index (χ1) is 9.67. The van der Waals surface area contributed by atoms with Crippen LogP contribution in [0.2, 0.25) is 0 Å².